The molecule has 0 aromatic heterocycles. The Morgan fingerprint density at radius 3 is 2.60 bits per heavy atom. The van der Waals surface area contributed by atoms with E-state index in [0.717, 1.165) is 12.5 Å². The molecule has 1 saturated heterocycles. The van der Waals surface area contributed by atoms with Crippen molar-refractivity contribution in [2.24, 2.45) is 5.92 Å². The number of nitro groups is 1. The smallest absolute Gasteiger partial charge is 0.338 e. The van der Waals surface area contributed by atoms with Crippen LogP contribution in [0, 0.1) is 16.0 Å². The lowest BCUT2D eigenvalue weighted by atomic mass is 10.1. The Morgan fingerprint density at radius 2 is 2.15 bits per heavy atom. The van der Waals surface area contributed by atoms with Crippen LogP contribution in [0.1, 0.15) is 30.6 Å². The number of carboxylic acids is 1. The summed E-state index contributed by atoms with van der Waals surface area (Å²) >= 11 is 6.11. The van der Waals surface area contributed by atoms with Crippen LogP contribution in [0.25, 0.3) is 0 Å². The Bertz CT molecular complexity index is 576. The molecular formula is C13H15ClN2O4. The Balaban J connectivity index is 2.57. The molecule has 0 saturated carbocycles. The van der Waals surface area contributed by atoms with Gasteiger partial charge < -0.3 is 10.0 Å². The number of hydrogen-bond acceptors (Lipinski definition) is 4. The van der Waals surface area contributed by atoms with E-state index in [1.807, 2.05) is 11.8 Å². The molecule has 1 heterocycles. The summed E-state index contributed by atoms with van der Waals surface area (Å²) in [5, 5.41) is 20.2. The average molecular weight is 299 g/mol. The van der Waals surface area contributed by atoms with Crippen molar-refractivity contribution in [1.29, 1.82) is 0 Å². The van der Waals surface area contributed by atoms with Gasteiger partial charge in [0.05, 0.1) is 21.2 Å². The summed E-state index contributed by atoms with van der Waals surface area (Å²) in [5.74, 6) is -0.782. The van der Waals surface area contributed by atoms with Crippen molar-refractivity contribution in [3.8, 4) is 0 Å². The lowest BCUT2D eigenvalue weighted by Gasteiger charge is -2.26. The Morgan fingerprint density at radius 1 is 1.50 bits per heavy atom. The van der Waals surface area contributed by atoms with Crippen LogP contribution in [0.15, 0.2) is 12.1 Å². The van der Waals surface area contributed by atoms with Crippen molar-refractivity contribution in [2.75, 3.05) is 11.4 Å². The van der Waals surface area contributed by atoms with Crippen LogP contribution in [-0.2, 0) is 0 Å². The molecule has 6 nitrogen and oxygen atoms in total. The van der Waals surface area contributed by atoms with Gasteiger partial charge in [-0.15, -0.1) is 0 Å². The molecule has 2 unspecified atom stereocenters. The molecule has 0 radical (unpaired) electrons. The second kappa shape index (κ2) is 5.28. The third-order valence-corrected chi connectivity index (χ3v) is 3.85. The van der Waals surface area contributed by atoms with E-state index < -0.39 is 10.9 Å². The summed E-state index contributed by atoms with van der Waals surface area (Å²) in [5.41, 5.74) is -0.0529. The van der Waals surface area contributed by atoms with Gasteiger partial charge in [-0.05, 0) is 19.3 Å². The molecule has 7 heteroatoms. The van der Waals surface area contributed by atoms with Crippen LogP contribution in [0.3, 0.4) is 0 Å². The first-order valence-electron chi connectivity index (χ1n) is 6.29. The molecule has 1 aliphatic heterocycles. The molecule has 2 atom stereocenters. The summed E-state index contributed by atoms with van der Waals surface area (Å²) in [6, 6.07) is 2.43. The number of benzene rings is 1. The van der Waals surface area contributed by atoms with Crippen LogP contribution >= 0.6 is 11.6 Å². The molecule has 108 valence electrons. The molecule has 1 aromatic carbocycles. The zero-order valence-corrected chi connectivity index (χ0v) is 11.9. The van der Waals surface area contributed by atoms with Gasteiger partial charge in [0.25, 0.3) is 5.69 Å². The number of hydrogen-bond donors (Lipinski definition) is 1. The van der Waals surface area contributed by atoms with Gasteiger partial charge in [0.15, 0.2) is 0 Å². The zero-order valence-electron chi connectivity index (χ0n) is 11.2. The van der Waals surface area contributed by atoms with E-state index in [2.05, 4.69) is 6.92 Å². The van der Waals surface area contributed by atoms with Gasteiger partial charge in [-0.2, -0.15) is 0 Å². The van der Waals surface area contributed by atoms with Gasteiger partial charge in [-0.25, -0.2) is 4.79 Å². The van der Waals surface area contributed by atoms with Crippen molar-refractivity contribution < 1.29 is 14.8 Å². The largest absolute Gasteiger partial charge is 0.478 e. The highest BCUT2D eigenvalue weighted by molar-refractivity contribution is 6.34. The molecule has 2 rings (SSSR count). The normalized spacial score (nSPS) is 22.1. The van der Waals surface area contributed by atoms with Crippen molar-refractivity contribution in [3.05, 3.63) is 32.8 Å². The minimum Gasteiger partial charge on any atom is -0.478 e. The fraction of sp³-hybridized carbons (Fsp3) is 0.462. The number of rotatable bonds is 3. The van der Waals surface area contributed by atoms with Crippen molar-refractivity contribution in [3.63, 3.8) is 0 Å². The number of non-ortho nitro benzene ring substituents is 1. The number of aromatic carboxylic acids is 1. The zero-order chi connectivity index (χ0) is 15.0. The third kappa shape index (κ3) is 2.56. The molecule has 1 fully saturated rings. The standard InChI is InChI=1S/C13H15ClN2O4/c1-7-3-8(2)15(6-7)12-10(13(17)18)4-9(16(19)20)5-11(12)14/h4-5,7-8H,3,6H2,1-2H3,(H,17,18). The van der Waals surface area contributed by atoms with E-state index >= 15 is 0 Å². The Labute approximate surface area is 121 Å². The van der Waals surface area contributed by atoms with Gasteiger partial charge in [0.1, 0.15) is 0 Å². The van der Waals surface area contributed by atoms with Gasteiger partial charge in [0, 0.05) is 24.7 Å². The Kier molecular flexibility index (Phi) is 3.85. The number of nitro benzene ring substituents is 1. The van der Waals surface area contributed by atoms with Crippen LogP contribution < -0.4 is 4.90 Å². The number of carboxylic acid groups (broad SMARTS) is 1. The topological polar surface area (TPSA) is 83.7 Å². The van der Waals surface area contributed by atoms with Gasteiger partial charge >= 0.3 is 5.97 Å². The van der Waals surface area contributed by atoms with Crippen LogP contribution in [-0.4, -0.2) is 28.6 Å². The van der Waals surface area contributed by atoms with E-state index in [4.69, 9.17) is 11.6 Å². The Hall–Kier alpha value is -1.82. The molecule has 0 spiro atoms. The summed E-state index contributed by atoms with van der Waals surface area (Å²) in [4.78, 5) is 23.5. The first-order valence-corrected chi connectivity index (χ1v) is 6.67. The molecule has 1 aromatic rings. The maximum Gasteiger partial charge on any atom is 0.338 e. The lowest BCUT2D eigenvalue weighted by Crippen LogP contribution is -2.28. The maximum absolute atomic E-state index is 11.4. The number of halogens is 1. The number of anilines is 1. The third-order valence-electron chi connectivity index (χ3n) is 3.56. The van der Waals surface area contributed by atoms with E-state index in [1.54, 1.807) is 0 Å². The monoisotopic (exact) mass is 298 g/mol. The fourth-order valence-electron chi connectivity index (χ4n) is 2.76. The molecule has 1 N–H and O–H groups in total. The molecular weight excluding hydrogens is 284 g/mol. The fourth-order valence-corrected chi connectivity index (χ4v) is 3.08. The van der Waals surface area contributed by atoms with Gasteiger partial charge in [0.2, 0.25) is 0 Å². The summed E-state index contributed by atoms with van der Waals surface area (Å²) in [6.45, 7) is 4.77. The molecule has 1 aliphatic rings. The van der Waals surface area contributed by atoms with Crippen molar-refractivity contribution in [2.45, 2.75) is 26.3 Å². The predicted molar refractivity (Wildman–Crippen MR) is 75.7 cm³/mol. The summed E-state index contributed by atoms with van der Waals surface area (Å²) in [7, 11) is 0. The minimum atomic E-state index is -1.21. The summed E-state index contributed by atoms with van der Waals surface area (Å²) < 4.78 is 0. The van der Waals surface area contributed by atoms with E-state index in [0.29, 0.717) is 18.2 Å². The van der Waals surface area contributed by atoms with Crippen LogP contribution in [0.4, 0.5) is 11.4 Å². The highest BCUT2D eigenvalue weighted by atomic mass is 35.5. The molecule has 0 amide bonds. The quantitative estimate of drug-likeness (QED) is 0.684. The number of carbonyl (C=O) groups is 1. The van der Waals surface area contributed by atoms with Crippen molar-refractivity contribution >= 4 is 28.9 Å². The lowest BCUT2D eigenvalue weighted by molar-refractivity contribution is -0.384. The van der Waals surface area contributed by atoms with Crippen LogP contribution in [0.2, 0.25) is 5.02 Å². The van der Waals surface area contributed by atoms with E-state index in [9.17, 15) is 20.0 Å². The first kappa shape index (κ1) is 14.6. The van der Waals surface area contributed by atoms with Gasteiger partial charge in [-0.3, -0.25) is 10.1 Å². The molecule has 20 heavy (non-hydrogen) atoms. The number of nitrogens with zero attached hydrogens (tertiary/aromatic N) is 2. The highest BCUT2D eigenvalue weighted by Crippen LogP contribution is 2.39. The SMILES string of the molecule is CC1CC(C)N(c2c(Cl)cc([N+](=O)[O-])cc2C(=O)O)C1. The maximum atomic E-state index is 11.4. The van der Waals surface area contributed by atoms with Gasteiger partial charge in [-0.1, -0.05) is 18.5 Å². The van der Waals surface area contributed by atoms with Crippen molar-refractivity contribution in [1.82, 2.24) is 0 Å². The second-order valence-corrected chi connectivity index (χ2v) is 5.64. The van der Waals surface area contributed by atoms with E-state index in [-0.39, 0.29) is 22.3 Å². The average Bonchev–Trinajstić information content (AvgIpc) is 2.66. The highest BCUT2D eigenvalue weighted by Gasteiger charge is 2.32. The minimum absolute atomic E-state index is 0.109. The molecule has 0 aliphatic carbocycles. The predicted octanol–water partition coefficient (Wildman–Crippen LogP) is 3.18. The first-order chi connectivity index (χ1) is 9.31. The second-order valence-electron chi connectivity index (χ2n) is 5.23. The van der Waals surface area contributed by atoms with Crippen LogP contribution in [0.5, 0.6) is 0 Å². The molecule has 0 bridgehead atoms. The van der Waals surface area contributed by atoms with E-state index in [1.165, 1.54) is 6.07 Å². The summed E-state index contributed by atoms with van der Waals surface area (Å²) in [6.07, 6.45) is 0.937.